The summed E-state index contributed by atoms with van der Waals surface area (Å²) < 4.78 is 0. The number of anilines is 1. The Morgan fingerprint density at radius 3 is 2.67 bits per heavy atom. The first-order valence-corrected chi connectivity index (χ1v) is 10.3. The summed E-state index contributed by atoms with van der Waals surface area (Å²) in [7, 11) is 0. The Morgan fingerprint density at radius 2 is 1.88 bits per heavy atom. The lowest BCUT2D eigenvalue weighted by Gasteiger charge is -2.24. The van der Waals surface area contributed by atoms with Crippen molar-refractivity contribution in [2.45, 2.75) is 34.3 Å². The van der Waals surface area contributed by atoms with Crippen LogP contribution in [0.1, 0.15) is 30.1 Å². The third-order valence-corrected chi connectivity index (χ3v) is 6.65. The highest BCUT2D eigenvalue weighted by atomic mass is 32.2. The van der Waals surface area contributed by atoms with Crippen molar-refractivity contribution in [3.05, 3.63) is 65.4 Å². The molecule has 1 atom stereocenters. The lowest BCUT2D eigenvalue weighted by atomic mass is 9.89. The number of hydrogen-bond acceptors (Lipinski definition) is 4. The molecule has 122 valence electrons. The van der Waals surface area contributed by atoms with E-state index in [1.807, 2.05) is 6.07 Å². The molecule has 24 heavy (non-hydrogen) atoms. The molecular weight excluding hydrogens is 334 g/mol. The van der Waals surface area contributed by atoms with Crippen molar-refractivity contribution >= 4 is 35.0 Å². The van der Waals surface area contributed by atoms with Crippen molar-refractivity contribution in [2.24, 2.45) is 0 Å². The van der Waals surface area contributed by atoms with Gasteiger partial charge in [-0.25, -0.2) is 0 Å². The van der Waals surface area contributed by atoms with E-state index in [1.165, 1.54) is 15.4 Å². The van der Waals surface area contributed by atoms with Gasteiger partial charge in [0.05, 0.1) is 10.9 Å². The van der Waals surface area contributed by atoms with Crippen LogP contribution in [0.4, 0.5) is 5.69 Å². The number of benzene rings is 2. The van der Waals surface area contributed by atoms with E-state index in [9.17, 15) is 4.79 Å². The number of Topliss-reactive ketones (excluding diaryl/α,β-unsaturated/α-hetero) is 1. The first-order chi connectivity index (χ1) is 11.8. The Bertz CT molecular complexity index is 811. The van der Waals surface area contributed by atoms with E-state index in [1.54, 1.807) is 23.5 Å². The van der Waals surface area contributed by atoms with Crippen molar-refractivity contribution in [3.63, 3.8) is 0 Å². The second-order valence-corrected chi connectivity index (χ2v) is 8.09. The maximum absolute atomic E-state index is 12.7. The zero-order valence-corrected chi connectivity index (χ0v) is 15.2. The molecule has 0 spiro atoms. The van der Waals surface area contributed by atoms with Gasteiger partial charge < -0.3 is 5.32 Å². The van der Waals surface area contributed by atoms with Gasteiger partial charge in [-0.2, -0.15) is 0 Å². The molecule has 1 aliphatic heterocycles. The average molecular weight is 354 g/mol. The van der Waals surface area contributed by atoms with Gasteiger partial charge in [-0.15, -0.1) is 23.5 Å². The molecule has 2 nitrogen and oxygen atoms in total. The van der Waals surface area contributed by atoms with Crippen molar-refractivity contribution in [2.75, 3.05) is 11.6 Å². The Balaban J connectivity index is 1.83. The fraction of sp³-hybridized carbons (Fsp3) is 0.250. The lowest BCUT2D eigenvalue weighted by molar-refractivity contribution is -0.116. The van der Waals surface area contributed by atoms with Gasteiger partial charge in [0.25, 0.3) is 0 Å². The van der Waals surface area contributed by atoms with Crippen LogP contribution >= 0.6 is 23.5 Å². The Morgan fingerprint density at radius 1 is 1.08 bits per heavy atom. The molecule has 0 aromatic heterocycles. The molecule has 0 saturated carbocycles. The van der Waals surface area contributed by atoms with Crippen LogP contribution in [0.15, 0.2) is 69.6 Å². The lowest BCUT2D eigenvalue weighted by Crippen LogP contribution is -2.19. The highest BCUT2D eigenvalue weighted by Crippen LogP contribution is 2.49. The molecule has 1 heterocycles. The van der Waals surface area contributed by atoms with Gasteiger partial charge in [-0.1, -0.05) is 24.3 Å². The van der Waals surface area contributed by atoms with Crippen LogP contribution in [0.3, 0.4) is 0 Å². The summed E-state index contributed by atoms with van der Waals surface area (Å²) >= 11 is 3.53. The normalized spacial score (nSPS) is 20.0. The van der Waals surface area contributed by atoms with Gasteiger partial charge in [-0.05, 0) is 48.9 Å². The molecule has 4 heteroatoms. The summed E-state index contributed by atoms with van der Waals surface area (Å²) in [5.74, 6) is 0.294. The highest BCUT2D eigenvalue weighted by molar-refractivity contribution is 8.00. The van der Waals surface area contributed by atoms with Crippen LogP contribution in [0.25, 0.3) is 0 Å². The van der Waals surface area contributed by atoms with E-state index in [-0.39, 0.29) is 5.25 Å². The van der Waals surface area contributed by atoms with E-state index >= 15 is 0 Å². The van der Waals surface area contributed by atoms with Crippen molar-refractivity contribution in [1.82, 2.24) is 0 Å². The number of fused-ring (bicyclic) bond motifs is 1. The van der Waals surface area contributed by atoms with Gasteiger partial charge >= 0.3 is 0 Å². The monoisotopic (exact) mass is 353 g/mol. The van der Waals surface area contributed by atoms with Crippen LogP contribution in [0, 0.1) is 0 Å². The molecule has 1 N–H and O–H groups in total. The average Bonchev–Trinajstić information content (AvgIpc) is 2.79. The minimum Gasteiger partial charge on any atom is -0.358 e. The highest BCUT2D eigenvalue weighted by Gasteiger charge is 2.32. The molecule has 2 aromatic carbocycles. The minimum atomic E-state index is 0.0693. The second kappa shape index (κ2) is 6.69. The standard InChI is InChI=1S/C20H19NOS2/c1-23-14-11-9-13(10-12-14)20-19-16(6-4-7-17(19)22)21-15-5-2-3-8-18(15)24-20/h2-3,5,8-12,20-21H,4,6-7H2,1H3/t20-/m1/s1. The SMILES string of the molecule is CSc1ccc([C@H]2Sc3ccccc3NC3=C2C(=O)CCC3)cc1. The van der Waals surface area contributed by atoms with Crippen LogP contribution in [0.2, 0.25) is 0 Å². The zero-order valence-electron chi connectivity index (χ0n) is 13.5. The first kappa shape index (κ1) is 15.9. The number of thioether (sulfide) groups is 2. The first-order valence-electron chi connectivity index (χ1n) is 8.19. The molecule has 2 aromatic rings. The maximum Gasteiger partial charge on any atom is 0.162 e. The summed E-state index contributed by atoms with van der Waals surface area (Å²) in [6, 6.07) is 17.0. The maximum atomic E-state index is 12.7. The summed E-state index contributed by atoms with van der Waals surface area (Å²) in [6.07, 6.45) is 4.64. The predicted molar refractivity (Wildman–Crippen MR) is 103 cm³/mol. The van der Waals surface area contributed by atoms with Crippen molar-refractivity contribution < 1.29 is 4.79 Å². The Kier molecular flexibility index (Phi) is 4.42. The van der Waals surface area contributed by atoms with E-state index in [0.29, 0.717) is 12.2 Å². The van der Waals surface area contributed by atoms with Gasteiger partial charge in [-0.3, -0.25) is 4.79 Å². The summed E-state index contributed by atoms with van der Waals surface area (Å²) in [5, 5.41) is 3.62. The number of carbonyl (C=O) groups excluding carboxylic acids is 1. The minimum absolute atomic E-state index is 0.0693. The number of carbonyl (C=O) groups is 1. The molecule has 4 rings (SSSR count). The van der Waals surface area contributed by atoms with Crippen LogP contribution in [-0.4, -0.2) is 12.0 Å². The number of allylic oxidation sites excluding steroid dienone is 1. The van der Waals surface area contributed by atoms with Crippen LogP contribution < -0.4 is 5.32 Å². The molecule has 0 radical (unpaired) electrons. The Hall–Kier alpha value is -1.65. The molecule has 0 saturated heterocycles. The molecular formula is C20H19NOS2. The smallest absolute Gasteiger partial charge is 0.162 e. The fourth-order valence-electron chi connectivity index (χ4n) is 3.33. The van der Waals surface area contributed by atoms with Crippen LogP contribution in [0.5, 0.6) is 0 Å². The van der Waals surface area contributed by atoms with Gasteiger partial charge in [0.1, 0.15) is 0 Å². The summed E-state index contributed by atoms with van der Waals surface area (Å²) in [4.78, 5) is 15.2. The number of ketones is 1. The summed E-state index contributed by atoms with van der Waals surface area (Å²) in [5.41, 5.74) is 4.41. The van der Waals surface area contributed by atoms with Gasteiger partial charge in [0.2, 0.25) is 0 Å². The van der Waals surface area contributed by atoms with E-state index in [2.05, 4.69) is 54.0 Å². The fourth-order valence-corrected chi connectivity index (χ4v) is 5.08. The third kappa shape index (κ3) is 2.89. The molecule has 0 unspecified atom stereocenters. The Labute approximate surface area is 151 Å². The topological polar surface area (TPSA) is 29.1 Å². The predicted octanol–water partition coefficient (Wildman–Crippen LogP) is 5.67. The number of para-hydroxylation sites is 1. The third-order valence-electron chi connectivity index (χ3n) is 4.55. The summed E-state index contributed by atoms with van der Waals surface area (Å²) in [6.45, 7) is 0. The molecule has 0 fully saturated rings. The van der Waals surface area contributed by atoms with Crippen molar-refractivity contribution in [3.8, 4) is 0 Å². The number of hydrogen-bond donors (Lipinski definition) is 1. The quantitative estimate of drug-likeness (QED) is 0.704. The van der Waals surface area contributed by atoms with Crippen LogP contribution in [-0.2, 0) is 4.79 Å². The van der Waals surface area contributed by atoms with E-state index in [0.717, 1.165) is 29.8 Å². The zero-order chi connectivity index (χ0) is 16.5. The molecule has 1 aliphatic carbocycles. The number of rotatable bonds is 2. The van der Waals surface area contributed by atoms with Crippen molar-refractivity contribution in [1.29, 1.82) is 0 Å². The molecule has 2 aliphatic rings. The largest absolute Gasteiger partial charge is 0.358 e. The van der Waals surface area contributed by atoms with Gasteiger partial charge in [0, 0.05) is 27.5 Å². The molecule has 0 bridgehead atoms. The van der Waals surface area contributed by atoms with E-state index < -0.39 is 0 Å². The molecule has 0 amide bonds. The van der Waals surface area contributed by atoms with Gasteiger partial charge in [0.15, 0.2) is 5.78 Å². The second-order valence-electron chi connectivity index (χ2n) is 6.06. The van der Waals surface area contributed by atoms with E-state index in [4.69, 9.17) is 0 Å². The number of nitrogens with one attached hydrogen (secondary N) is 1.